The van der Waals surface area contributed by atoms with Gasteiger partial charge in [-0.05, 0) is 37.3 Å². The van der Waals surface area contributed by atoms with E-state index in [4.69, 9.17) is 0 Å². The summed E-state index contributed by atoms with van der Waals surface area (Å²) in [6, 6.07) is 1.74. The molecule has 20 heavy (non-hydrogen) atoms. The van der Waals surface area contributed by atoms with Crippen LogP contribution in [0.4, 0.5) is 0 Å². The lowest BCUT2D eigenvalue weighted by Crippen LogP contribution is -2.33. The minimum absolute atomic E-state index is 0.480. The lowest BCUT2D eigenvalue weighted by molar-refractivity contribution is 0.409. The molecule has 0 amide bonds. The first-order valence-electron chi connectivity index (χ1n) is 7.35. The SMILES string of the molecule is CCCNCc1sccc1S(=O)(=O)N(CCC)CCC. The van der Waals surface area contributed by atoms with Crippen molar-refractivity contribution in [1.29, 1.82) is 0 Å². The normalized spacial score (nSPS) is 12.2. The molecule has 1 heterocycles. The fourth-order valence-corrected chi connectivity index (χ4v) is 5.06. The minimum Gasteiger partial charge on any atom is -0.312 e. The molecule has 0 aliphatic heterocycles. The highest BCUT2D eigenvalue weighted by Gasteiger charge is 2.26. The second-order valence-electron chi connectivity index (χ2n) is 4.79. The smallest absolute Gasteiger partial charge is 0.244 e. The summed E-state index contributed by atoms with van der Waals surface area (Å²) in [6.45, 7) is 8.84. The van der Waals surface area contributed by atoms with Gasteiger partial charge in [-0.2, -0.15) is 4.31 Å². The van der Waals surface area contributed by atoms with E-state index in [0.29, 0.717) is 24.5 Å². The van der Waals surface area contributed by atoms with Gasteiger partial charge in [-0.1, -0.05) is 20.8 Å². The Morgan fingerprint density at radius 1 is 1.15 bits per heavy atom. The summed E-state index contributed by atoms with van der Waals surface area (Å²) >= 11 is 1.51. The van der Waals surface area contributed by atoms with E-state index in [-0.39, 0.29) is 0 Å². The molecule has 0 fully saturated rings. The van der Waals surface area contributed by atoms with Gasteiger partial charge in [0.05, 0.1) is 4.90 Å². The summed E-state index contributed by atoms with van der Waals surface area (Å²) in [6.07, 6.45) is 2.73. The van der Waals surface area contributed by atoms with Gasteiger partial charge in [-0.25, -0.2) is 8.42 Å². The summed E-state index contributed by atoms with van der Waals surface area (Å²) in [5.41, 5.74) is 0. The van der Waals surface area contributed by atoms with Crippen molar-refractivity contribution in [2.75, 3.05) is 19.6 Å². The van der Waals surface area contributed by atoms with Gasteiger partial charge in [0.1, 0.15) is 0 Å². The Morgan fingerprint density at radius 2 is 1.80 bits per heavy atom. The lowest BCUT2D eigenvalue weighted by Gasteiger charge is -2.21. The van der Waals surface area contributed by atoms with E-state index in [9.17, 15) is 8.42 Å². The molecular formula is C14H26N2O2S2. The molecule has 0 spiro atoms. The number of hydrogen-bond acceptors (Lipinski definition) is 4. The molecule has 0 aliphatic carbocycles. The topological polar surface area (TPSA) is 49.4 Å². The number of sulfonamides is 1. The molecular weight excluding hydrogens is 292 g/mol. The molecule has 0 saturated carbocycles. The maximum absolute atomic E-state index is 12.7. The molecule has 0 bridgehead atoms. The van der Waals surface area contributed by atoms with Crippen molar-refractivity contribution in [1.82, 2.24) is 9.62 Å². The molecule has 0 aromatic carbocycles. The van der Waals surface area contributed by atoms with Gasteiger partial charge >= 0.3 is 0 Å². The van der Waals surface area contributed by atoms with Crippen LogP contribution >= 0.6 is 11.3 Å². The largest absolute Gasteiger partial charge is 0.312 e. The Bertz CT molecular complexity index is 477. The first-order chi connectivity index (χ1) is 9.57. The zero-order valence-corrected chi connectivity index (χ0v) is 14.3. The molecule has 0 aliphatic rings. The minimum atomic E-state index is -3.35. The molecule has 0 radical (unpaired) electrons. The van der Waals surface area contributed by atoms with E-state index in [2.05, 4.69) is 12.2 Å². The summed E-state index contributed by atoms with van der Waals surface area (Å²) < 4.78 is 27.1. The molecule has 4 nitrogen and oxygen atoms in total. The van der Waals surface area contributed by atoms with Gasteiger partial charge in [-0.3, -0.25) is 0 Å². The monoisotopic (exact) mass is 318 g/mol. The number of nitrogens with one attached hydrogen (secondary N) is 1. The summed E-state index contributed by atoms with van der Waals surface area (Å²) in [7, 11) is -3.35. The maximum atomic E-state index is 12.7. The standard InChI is InChI=1S/C14H26N2O2S2/c1-4-8-15-12-13-14(7-11-19-13)20(17,18)16(9-5-2)10-6-3/h7,11,15H,4-6,8-10,12H2,1-3H3. The van der Waals surface area contributed by atoms with E-state index in [1.54, 1.807) is 10.4 Å². The van der Waals surface area contributed by atoms with Crippen molar-refractivity contribution in [3.05, 3.63) is 16.3 Å². The van der Waals surface area contributed by atoms with Crippen LogP contribution in [0.15, 0.2) is 16.3 Å². The highest BCUT2D eigenvalue weighted by atomic mass is 32.2. The number of rotatable bonds is 10. The maximum Gasteiger partial charge on any atom is 0.244 e. The molecule has 116 valence electrons. The van der Waals surface area contributed by atoms with Crippen molar-refractivity contribution in [3.8, 4) is 0 Å². The lowest BCUT2D eigenvalue weighted by atomic mass is 10.4. The fraction of sp³-hybridized carbons (Fsp3) is 0.714. The van der Waals surface area contributed by atoms with Crippen LogP contribution in [0.5, 0.6) is 0 Å². The Balaban J connectivity index is 2.93. The first kappa shape index (κ1) is 17.6. The van der Waals surface area contributed by atoms with Crippen molar-refractivity contribution >= 4 is 21.4 Å². The van der Waals surface area contributed by atoms with E-state index in [0.717, 1.165) is 30.7 Å². The van der Waals surface area contributed by atoms with Crippen LogP contribution in [0.25, 0.3) is 0 Å². The van der Waals surface area contributed by atoms with Crippen molar-refractivity contribution in [2.45, 2.75) is 51.5 Å². The van der Waals surface area contributed by atoms with Gasteiger partial charge in [0, 0.05) is 24.5 Å². The highest BCUT2D eigenvalue weighted by Crippen LogP contribution is 2.25. The van der Waals surface area contributed by atoms with Crippen LogP contribution in [-0.4, -0.2) is 32.4 Å². The van der Waals surface area contributed by atoms with Crippen LogP contribution in [0, 0.1) is 0 Å². The highest BCUT2D eigenvalue weighted by molar-refractivity contribution is 7.89. The van der Waals surface area contributed by atoms with Crippen molar-refractivity contribution in [2.24, 2.45) is 0 Å². The van der Waals surface area contributed by atoms with Gasteiger partial charge in [0.2, 0.25) is 10.0 Å². The fourth-order valence-electron chi connectivity index (χ4n) is 2.06. The molecule has 0 unspecified atom stereocenters. The van der Waals surface area contributed by atoms with E-state index in [1.165, 1.54) is 11.3 Å². The molecule has 0 saturated heterocycles. The average Bonchev–Trinajstić information content (AvgIpc) is 2.88. The summed E-state index contributed by atoms with van der Waals surface area (Å²) in [4.78, 5) is 1.39. The Hall–Kier alpha value is -0.430. The van der Waals surface area contributed by atoms with Crippen LogP contribution in [-0.2, 0) is 16.6 Å². The quantitative estimate of drug-likeness (QED) is 0.675. The van der Waals surface area contributed by atoms with Gasteiger partial charge in [0.15, 0.2) is 0 Å². The third-order valence-corrected chi connectivity index (χ3v) is 6.01. The van der Waals surface area contributed by atoms with Crippen LogP contribution in [0.1, 0.15) is 44.9 Å². The molecule has 0 atom stereocenters. The van der Waals surface area contributed by atoms with Crippen LogP contribution in [0.3, 0.4) is 0 Å². The zero-order valence-electron chi connectivity index (χ0n) is 12.7. The molecule has 1 aromatic heterocycles. The van der Waals surface area contributed by atoms with Gasteiger partial charge in [-0.15, -0.1) is 11.3 Å². The zero-order chi connectivity index (χ0) is 15.0. The predicted molar refractivity (Wildman–Crippen MR) is 85.7 cm³/mol. The third kappa shape index (κ3) is 4.55. The number of hydrogen-bond donors (Lipinski definition) is 1. The van der Waals surface area contributed by atoms with Gasteiger partial charge < -0.3 is 5.32 Å². The van der Waals surface area contributed by atoms with Gasteiger partial charge in [0.25, 0.3) is 0 Å². The van der Waals surface area contributed by atoms with E-state index in [1.807, 2.05) is 19.2 Å². The van der Waals surface area contributed by atoms with Crippen LogP contribution in [0.2, 0.25) is 0 Å². The molecule has 1 aromatic rings. The predicted octanol–water partition coefficient (Wildman–Crippen LogP) is 3.06. The van der Waals surface area contributed by atoms with Crippen molar-refractivity contribution < 1.29 is 8.42 Å². The second-order valence-corrected chi connectivity index (χ2v) is 7.70. The molecule has 6 heteroatoms. The average molecular weight is 319 g/mol. The number of thiophene rings is 1. The van der Waals surface area contributed by atoms with Crippen LogP contribution < -0.4 is 5.32 Å². The summed E-state index contributed by atoms with van der Waals surface area (Å²) in [5, 5.41) is 5.15. The first-order valence-corrected chi connectivity index (χ1v) is 9.67. The molecule has 1 rings (SSSR count). The molecule has 1 N–H and O–H groups in total. The Kier molecular flexibility index (Phi) is 7.72. The van der Waals surface area contributed by atoms with E-state index >= 15 is 0 Å². The van der Waals surface area contributed by atoms with E-state index < -0.39 is 10.0 Å². The Morgan fingerprint density at radius 3 is 2.35 bits per heavy atom. The summed E-state index contributed by atoms with van der Waals surface area (Å²) in [5.74, 6) is 0. The van der Waals surface area contributed by atoms with Crippen molar-refractivity contribution in [3.63, 3.8) is 0 Å². The number of nitrogens with zero attached hydrogens (tertiary/aromatic N) is 1. The Labute approximate surface area is 127 Å². The third-order valence-electron chi connectivity index (χ3n) is 2.98. The second kappa shape index (κ2) is 8.77.